The number of nitrogens with two attached hydrogens (primary N) is 1. The summed E-state index contributed by atoms with van der Waals surface area (Å²) in [5.41, 5.74) is 8.71. The highest BCUT2D eigenvalue weighted by molar-refractivity contribution is 6.06. The quantitative estimate of drug-likeness (QED) is 0.847. The summed E-state index contributed by atoms with van der Waals surface area (Å²) in [4.78, 5) is 18.3. The van der Waals surface area contributed by atoms with Crippen LogP contribution < -0.4 is 10.6 Å². The second-order valence-corrected chi connectivity index (χ2v) is 4.65. The number of nitrogens with zero attached hydrogens (tertiary/aromatic N) is 2. The Balaban J connectivity index is 1.99. The molecule has 1 aliphatic heterocycles. The summed E-state index contributed by atoms with van der Waals surface area (Å²) in [5, 5.41) is 0. The fourth-order valence-electron chi connectivity index (χ4n) is 2.45. The molecule has 2 aromatic rings. The highest BCUT2D eigenvalue weighted by Gasteiger charge is 2.26. The van der Waals surface area contributed by atoms with Gasteiger partial charge in [0, 0.05) is 36.2 Å². The van der Waals surface area contributed by atoms with Crippen LogP contribution in [0.15, 0.2) is 48.8 Å². The number of rotatable bonds is 1. The third-order valence-electron chi connectivity index (χ3n) is 3.46. The third kappa shape index (κ3) is 2.11. The Kier molecular flexibility index (Phi) is 3.01. The number of amides is 1. The van der Waals surface area contributed by atoms with Crippen molar-refractivity contribution in [2.45, 2.75) is 12.5 Å². The summed E-state index contributed by atoms with van der Waals surface area (Å²) in [6.07, 6.45) is 4.05. The van der Waals surface area contributed by atoms with Gasteiger partial charge in [0.1, 0.15) is 0 Å². The SMILES string of the molecule is NC1CCN(C(=O)c2ccncc2)c2ccccc21. The molecule has 4 heteroatoms. The minimum atomic E-state index is 0.00162. The number of carbonyl (C=O) groups is 1. The largest absolute Gasteiger partial charge is 0.324 e. The van der Waals surface area contributed by atoms with E-state index in [1.807, 2.05) is 24.3 Å². The van der Waals surface area contributed by atoms with E-state index in [4.69, 9.17) is 5.73 Å². The molecule has 0 saturated heterocycles. The zero-order valence-corrected chi connectivity index (χ0v) is 10.5. The van der Waals surface area contributed by atoms with Crippen molar-refractivity contribution >= 4 is 11.6 Å². The molecule has 96 valence electrons. The lowest BCUT2D eigenvalue weighted by Gasteiger charge is -2.32. The van der Waals surface area contributed by atoms with Crippen LogP contribution in [0.2, 0.25) is 0 Å². The summed E-state index contributed by atoms with van der Waals surface area (Å²) < 4.78 is 0. The Labute approximate surface area is 111 Å². The summed E-state index contributed by atoms with van der Waals surface area (Å²) in [6.45, 7) is 0.652. The third-order valence-corrected chi connectivity index (χ3v) is 3.46. The molecule has 1 unspecified atom stereocenters. The van der Waals surface area contributed by atoms with E-state index in [0.717, 1.165) is 17.7 Å². The molecule has 3 rings (SSSR count). The van der Waals surface area contributed by atoms with Crippen molar-refractivity contribution < 1.29 is 4.79 Å². The Bertz CT molecular complexity index is 597. The number of benzene rings is 1. The van der Waals surface area contributed by atoms with Crippen molar-refractivity contribution in [3.63, 3.8) is 0 Å². The van der Waals surface area contributed by atoms with Gasteiger partial charge in [-0.2, -0.15) is 0 Å². The maximum atomic E-state index is 12.5. The van der Waals surface area contributed by atoms with Gasteiger partial charge in [-0.3, -0.25) is 9.78 Å². The Morgan fingerprint density at radius 1 is 1.21 bits per heavy atom. The van der Waals surface area contributed by atoms with E-state index in [-0.39, 0.29) is 11.9 Å². The van der Waals surface area contributed by atoms with Crippen LogP contribution in [0.5, 0.6) is 0 Å². The van der Waals surface area contributed by atoms with Crippen molar-refractivity contribution in [2.75, 3.05) is 11.4 Å². The first-order valence-electron chi connectivity index (χ1n) is 6.34. The van der Waals surface area contributed by atoms with Crippen molar-refractivity contribution in [3.8, 4) is 0 Å². The molecule has 0 saturated carbocycles. The highest BCUT2D eigenvalue weighted by Crippen LogP contribution is 2.32. The topological polar surface area (TPSA) is 59.2 Å². The lowest BCUT2D eigenvalue weighted by Crippen LogP contribution is -2.38. The minimum absolute atomic E-state index is 0.00162. The van der Waals surface area contributed by atoms with E-state index in [2.05, 4.69) is 4.98 Å². The van der Waals surface area contributed by atoms with Gasteiger partial charge in [-0.25, -0.2) is 0 Å². The van der Waals surface area contributed by atoms with Gasteiger partial charge in [0.25, 0.3) is 5.91 Å². The average Bonchev–Trinajstić information content (AvgIpc) is 2.48. The molecule has 1 atom stereocenters. The number of pyridine rings is 1. The second-order valence-electron chi connectivity index (χ2n) is 4.65. The van der Waals surface area contributed by atoms with Crippen LogP contribution in [0.3, 0.4) is 0 Å². The van der Waals surface area contributed by atoms with Crippen LogP contribution in [-0.2, 0) is 0 Å². The first-order chi connectivity index (χ1) is 9.27. The number of hydrogen-bond acceptors (Lipinski definition) is 3. The molecule has 0 radical (unpaired) electrons. The van der Waals surface area contributed by atoms with Gasteiger partial charge >= 0.3 is 0 Å². The van der Waals surface area contributed by atoms with Crippen molar-refractivity contribution in [2.24, 2.45) is 5.73 Å². The molecule has 4 nitrogen and oxygen atoms in total. The summed E-state index contributed by atoms with van der Waals surface area (Å²) in [7, 11) is 0. The molecule has 0 fully saturated rings. The first-order valence-corrected chi connectivity index (χ1v) is 6.34. The molecule has 1 aliphatic rings. The van der Waals surface area contributed by atoms with Gasteiger partial charge in [-0.15, -0.1) is 0 Å². The number of carbonyl (C=O) groups excluding carboxylic acids is 1. The number of para-hydroxylation sites is 1. The Hall–Kier alpha value is -2.20. The molecule has 2 N–H and O–H groups in total. The van der Waals surface area contributed by atoms with E-state index >= 15 is 0 Å². The molecule has 0 spiro atoms. The maximum Gasteiger partial charge on any atom is 0.258 e. The van der Waals surface area contributed by atoms with E-state index < -0.39 is 0 Å². The Morgan fingerprint density at radius 2 is 1.95 bits per heavy atom. The van der Waals surface area contributed by atoms with Gasteiger partial charge in [-0.05, 0) is 30.2 Å². The smallest absolute Gasteiger partial charge is 0.258 e. The normalized spacial score (nSPS) is 17.9. The van der Waals surface area contributed by atoms with Gasteiger partial charge in [0.2, 0.25) is 0 Å². The molecule has 19 heavy (non-hydrogen) atoms. The van der Waals surface area contributed by atoms with Crippen molar-refractivity contribution in [3.05, 3.63) is 59.9 Å². The predicted molar refractivity (Wildman–Crippen MR) is 73.9 cm³/mol. The van der Waals surface area contributed by atoms with Gasteiger partial charge in [-0.1, -0.05) is 18.2 Å². The van der Waals surface area contributed by atoms with Crippen LogP contribution in [-0.4, -0.2) is 17.4 Å². The maximum absolute atomic E-state index is 12.5. The van der Waals surface area contributed by atoms with Crippen LogP contribution in [0, 0.1) is 0 Å². The predicted octanol–water partition coefficient (Wildman–Crippen LogP) is 2.13. The summed E-state index contributed by atoms with van der Waals surface area (Å²) >= 11 is 0. The molecule has 2 heterocycles. The van der Waals surface area contributed by atoms with Crippen LogP contribution in [0.25, 0.3) is 0 Å². The number of hydrogen-bond donors (Lipinski definition) is 1. The van der Waals surface area contributed by atoms with E-state index in [9.17, 15) is 4.79 Å². The minimum Gasteiger partial charge on any atom is -0.324 e. The number of fused-ring (bicyclic) bond motifs is 1. The fourth-order valence-corrected chi connectivity index (χ4v) is 2.45. The van der Waals surface area contributed by atoms with Gasteiger partial charge < -0.3 is 10.6 Å². The molecule has 1 amide bonds. The first kappa shape index (κ1) is 11.9. The lowest BCUT2D eigenvalue weighted by atomic mass is 9.96. The van der Waals surface area contributed by atoms with Gasteiger partial charge in [0.05, 0.1) is 0 Å². The lowest BCUT2D eigenvalue weighted by molar-refractivity contribution is 0.0984. The monoisotopic (exact) mass is 253 g/mol. The molecule has 0 aliphatic carbocycles. The van der Waals surface area contributed by atoms with Crippen LogP contribution in [0.1, 0.15) is 28.4 Å². The summed E-state index contributed by atoms with van der Waals surface area (Å²) in [5.74, 6) is 0.00162. The standard InChI is InChI=1S/C15H15N3O/c16-13-7-10-18(14-4-2-1-3-12(13)14)15(19)11-5-8-17-9-6-11/h1-6,8-9,13H,7,10,16H2. The van der Waals surface area contributed by atoms with Crippen molar-refractivity contribution in [1.82, 2.24) is 4.98 Å². The van der Waals surface area contributed by atoms with E-state index in [0.29, 0.717) is 12.1 Å². The van der Waals surface area contributed by atoms with Crippen LogP contribution >= 0.6 is 0 Å². The highest BCUT2D eigenvalue weighted by atomic mass is 16.2. The zero-order chi connectivity index (χ0) is 13.2. The average molecular weight is 253 g/mol. The van der Waals surface area contributed by atoms with E-state index in [1.165, 1.54) is 0 Å². The molecule has 1 aromatic carbocycles. The van der Waals surface area contributed by atoms with Gasteiger partial charge in [0.15, 0.2) is 0 Å². The summed E-state index contributed by atoms with van der Waals surface area (Å²) in [6, 6.07) is 11.3. The fraction of sp³-hybridized carbons (Fsp3) is 0.200. The molecule has 1 aromatic heterocycles. The molecule has 0 bridgehead atoms. The molecular formula is C15H15N3O. The number of aromatic nitrogens is 1. The Morgan fingerprint density at radius 3 is 2.74 bits per heavy atom. The second kappa shape index (κ2) is 4.82. The molecular weight excluding hydrogens is 238 g/mol. The van der Waals surface area contributed by atoms with Crippen molar-refractivity contribution in [1.29, 1.82) is 0 Å². The van der Waals surface area contributed by atoms with Crippen LogP contribution in [0.4, 0.5) is 5.69 Å². The van der Waals surface area contributed by atoms with E-state index in [1.54, 1.807) is 29.4 Å². The zero-order valence-electron chi connectivity index (χ0n) is 10.5. The number of anilines is 1.